The molecule has 1 aromatic carbocycles. The van der Waals surface area contributed by atoms with Crippen LogP contribution in [0.2, 0.25) is 0 Å². The standard InChI is InChI=1S/C21H26O2/c1-4-13-12-19(22)21(2)10-9-17-16-8-6-15(23-3)11-14(16)5-7-18(17)20(13)21/h6,8,11-12,17-18,20H,4-5,7,9-10H2,1-3H3/t17-,18-,20+,21-/m1/s1. The lowest BCUT2D eigenvalue weighted by atomic mass is 9.54. The van der Waals surface area contributed by atoms with Crippen LogP contribution < -0.4 is 4.74 Å². The Morgan fingerprint density at radius 1 is 1.30 bits per heavy atom. The summed E-state index contributed by atoms with van der Waals surface area (Å²) in [6, 6.07) is 6.60. The number of aryl methyl sites for hydroxylation is 1. The predicted octanol–water partition coefficient (Wildman–Crippen LogP) is 4.68. The summed E-state index contributed by atoms with van der Waals surface area (Å²) < 4.78 is 5.40. The minimum absolute atomic E-state index is 0.128. The predicted molar refractivity (Wildman–Crippen MR) is 91.8 cm³/mol. The summed E-state index contributed by atoms with van der Waals surface area (Å²) in [6.07, 6.45) is 7.50. The summed E-state index contributed by atoms with van der Waals surface area (Å²) in [4.78, 5) is 12.6. The average Bonchev–Trinajstić information content (AvgIpc) is 2.85. The van der Waals surface area contributed by atoms with Crippen LogP contribution in [-0.2, 0) is 11.2 Å². The van der Waals surface area contributed by atoms with E-state index >= 15 is 0 Å². The van der Waals surface area contributed by atoms with Crippen molar-refractivity contribution < 1.29 is 9.53 Å². The maximum Gasteiger partial charge on any atom is 0.162 e. The fraction of sp³-hybridized carbons (Fsp3) is 0.571. The minimum atomic E-state index is -0.128. The molecule has 0 heterocycles. The van der Waals surface area contributed by atoms with E-state index in [9.17, 15) is 4.79 Å². The normalized spacial score (nSPS) is 35.2. The highest BCUT2D eigenvalue weighted by Crippen LogP contribution is 2.60. The van der Waals surface area contributed by atoms with Crippen molar-refractivity contribution in [3.8, 4) is 5.75 Å². The number of allylic oxidation sites excluding steroid dienone is 2. The number of ketones is 1. The van der Waals surface area contributed by atoms with Crippen LogP contribution in [0.15, 0.2) is 29.8 Å². The van der Waals surface area contributed by atoms with Crippen LogP contribution in [0, 0.1) is 17.3 Å². The van der Waals surface area contributed by atoms with Crippen LogP contribution >= 0.6 is 0 Å². The molecule has 4 atom stereocenters. The van der Waals surface area contributed by atoms with Crippen LogP contribution in [-0.4, -0.2) is 12.9 Å². The Morgan fingerprint density at radius 3 is 2.87 bits per heavy atom. The fourth-order valence-corrected chi connectivity index (χ4v) is 5.60. The van der Waals surface area contributed by atoms with Crippen molar-refractivity contribution >= 4 is 5.78 Å². The second-order valence-corrected chi connectivity index (χ2v) is 7.74. The van der Waals surface area contributed by atoms with Crippen molar-refractivity contribution in [1.29, 1.82) is 0 Å². The second kappa shape index (κ2) is 5.22. The first kappa shape index (κ1) is 15.0. The molecule has 2 heteroatoms. The summed E-state index contributed by atoms with van der Waals surface area (Å²) in [5.41, 5.74) is 4.25. The number of hydrogen-bond acceptors (Lipinski definition) is 2. The molecule has 0 radical (unpaired) electrons. The molecule has 0 aromatic heterocycles. The largest absolute Gasteiger partial charge is 0.497 e. The van der Waals surface area contributed by atoms with E-state index in [0.29, 0.717) is 23.5 Å². The van der Waals surface area contributed by atoms with Crippen molar-refractivity contribution in [1.82, 2.24) is 0 Å². The van der Waals surface area contributed by atoms with Crippen molar-refractivity contribution in [2.75, 3.05) is 7.11 Å². The van der Waals surface area contributed by atoms with E-state index < -0.39 is 0 Å². The molecule has 23 heavy (non-hydrogen) atoms. The van der Waals surface area contributed by atoms with E-state index in [1.165, 1.54) is 23.1 Å². The van der Waals surface area contributed by atoms with E-state index in [1.54, 1.807) is 7.11 Å². The summed E-state index contributed by atoms with van der Waals surface area (Å²) >= 11 is 0. The third kappa shape index (κ3) is 2.03. The van der Waals surface area contributed by atoms with E-state index in [-0.39, 0.29) is 5.41 Å². The van der Waals surface area contributed by atoms with Crippen LogP contribution in [0.1, 0.15) is 56.6 Å². The maximum atomic E-state index is 12.6. The van der Waals surface area contributed by atoms with Gasteiger partial charge in [-0.15, -0.1) is 0 Å². The molecule has 2 nitrogen and oxygen atoms in total. The van der Waals surface area contributed by atoms with E-state index in [4.69, 9.17) is 4.74 Å². The number of carbonyl (C=O) groups excluding carboxylic acids is 1. The zero-order valence-electron chi connectivity index (χ0n) is 14.4. The summed E-state index contributed by atoms with van der Waals surface area (Å²) in [6.45, 7) is 4.43. The first-order chi connectivity index (χ1) is 11.1. The summed E-state index contributed by atoms with van der Waals surface area (Å²) in [5.74, 6) is 3.07. The van der Waals surface area contributed by atoms with Crippen LogP contribution in [0.4, 0.5) is 0 Å². The number of fused-ring (bicyclic) bond motifs is 5. The van der Waals surface area contributed by atoms with Gasteiger partial charge in [-0.1, -0.05) is 25.5 Å². The maximum absolute atomic E-state index is 12.6. The molecule has 1 saturated carbocycles. The van der Waals surface area contributed by atoms with Crippen LogP contribution in [0.3, 0.4) is 0 Å². The summed E-state index contributed by atoms with van der Waals surface area (Å²) in [7, 11) is 1.74. The topological polar surface area (TPSA) is 26.3 Å². The Balaban J connectivity index is 1.74. The SMILES string of the molecule is CCC1=CC(=O)[C@@]2(C)CC[C@@H]3c4ccc(OC)cc4CC[C@H]3[C@H]12. The second-order valence-electron chi connectivity index (χ2n) is 7.74. The molecule has 0 saturated heterocycles. The van der Waals surface area contributed by atoms with Crippen molar-refractivity contribution in [3.63, 3.8) is 0 Å². The molecular weight excluding hydrogens is 284 g/mol. The zero-order valence-corrected chi connectivity index (χ0v) is 14.4. The molecule has 3 aliphatic rings. The molecule has 0 unspecified atom stereocenters. The lowest BCUT2D eigenvalue weighted by molar-refractivity contribution is -0.127. The Labute approximate surface area is 138 Å². The van der Waals surface area contributed by atoms with Gasteiger partial charge in [0.2, 0.25) is 0 Å². The van der Waals surface area contributed by atoms with Crippen molar-refractivity contribution in [2.24, 2.45) is 17.3 Å². The van der Waals surface area contributed by atoms with E-state index in [2.05, 4.69) is 32.0 Å². The molecule has 0 spiro atoms. The van der Waals surface area contributed by atoms with Gasteiger partial charge < -0.3 is 4.74 Å². The van der Waals surface area contributed by atoms with Gasteiger partial charge in [0.25, 0.3) is 0 Å². The molecule has 4 rings (SSSR count). The van der Waals surface area contributed by atoms with Crippen molar-refractivity contribution in [2.45, 2.75) is 51.9 Å². The third-order valence-electron chi connectivity index (χ3n) is 6.79. The Bertz CT molecular complexity index is 687. The smallest absolute Gasteiger partial charge is 0.162 e. The monoisotopic (exact) mass is 310 g/mol. The highest BCUT2D eigenvalue weighted by atomic mass is 16.5. The van der Waals surface area contributed by atoms with E-state index in [0.717, 1.165) is 31.4 Å². The third-order valence-corrected chi connectivity index (χ3v) is 6.79. The number of benzene rings is 1. The highest BCUT2D eigenvalue weighted by molar-refractivity contribution is 5.98. The number of carbonyl (C=O) groups is 1. The first-order valence-corrected chi connectivity index (χ1v) is 9.00. The molecule has 0 bridgehead atoms. The van der Waals surface area contributed by atoms with Gasteiger partial charge >= 0.3 is 0 Å². The lowest BCUT2D eigenvalue weighted by Gasteiger charge is -2.49. The molecule has 1 fully saturated rings. The molecule has 122 valence electrons. The van der Waals surface area contributed by atoms with Crippen LogP contribution in [0.25, 0.3) is 0 Å². The Hall–Kier alpha value is -1.57. The summed E-state index contributed by atoms with van der Waals surface area (Å²) in [5, 5.41) is 0. The Kier molecular flexibility index (Phi) is 3.40. The van der Waals surface area contributed by atoms with Crippen LogP contribution in [0.5, 0.6) is 5.75 Å². The fourth-order valence-electron chi connectivity index (χ4n) is 5.60. The quantitative estimate of drug-likeness (QED) is 0.793. The van der Waals surface area contributed by atoms with Gasteiger partial charge in [0, 0.05) is 5.41 Å². The molecular formula is C21H26O2. The lowest BCUT2D eigenvalue weighted by Crippen LogP contribution is -2.44. The Morgan fingerprint density at radius 2 is 2.13 bits per heavy atom. The molecule has 1 aromatic rings. The van der Waals surface area contributed by atoms with Gasteiger partial charge in [0.05, 0.1) is 7.11 Å². The highest BCUT2D eigenvalue weighted by Gasteiger charge is 2.54. The number of rotatable bonds is 2. The molecule has 3 aliphatic carbocycles. The number of ether oxygens (including phenoxy) is 1. The first-order valence-electron chi connectivity index (χ1n) is 9.00. The zero-order chi connectivity index (χ0) is 16.2. The number of hydrogen-bond donors (Lipinski definition) is 0. The molecule has 0 aliphatic heterocycles. The number of methoxy groups -OCH3 is 1. The van der Waals surface area contributed by atoms with Crippen molar-refractivity contribution in [3.05, 3.63) is 41.0 Å². The minimum Gasteiger partial charge on any atom is -0.497 e. The molecule has 0 N–H and O–H groups in total. The average molecular weight is 310 g/mol. The van der Waals surface area contributed by atoms with E-state index in [1.807, 2.05) is 6.08 Å². The van der Waals surface area contributed by atoms with Gasteiger partial charge in [-0.3, -0.25) is 4.79 Å². The van der Waals surface area contributed by atoms with Gasteiger partial charge in [0.15, 0.2) is 5.78 Å². The molecule has 0 amide bonds. The van der Waals surface area contributed by atoms with Gasteiger partial charge in [-0.05, 0) is 79.2 Å². The van der Waals surface area contributed by atoms with Gasteiger partial charge in [-0.2, -0.15) is 0 Å². The van der Waals surface area contributed by atoms with Gasteiger partial charge in [-0.25, -0.2) is 0 Å². The van der Waals surface area contributed by atoms with Gasteiger partial charge in [0.1, 0.15) is 5.75 Å².